The van der Waals surface area contributed by atoms with Gasteiger partial charge in [-0.2, -0.15) is 13.2 Å². The molecule has 0 aliphatic carbocycles. The fourth-order valence-electron chi connectivity index (χ4n) is 2.21. The molecule has 1 aliphatic rings. The summed E-state index contributed by atoms with van der Waals surface area (Å²) in [6.45, 7) is -0.113. The van der Waals surface area contributed by atoms with Gasteiger partial charge in [0.1, 0.15) is 5.82 Å². The molecule has 8 heteroatoms. The Bertz CT molecular complexity index is 535. The van der Waals surface area contributed by atoms with E-state index in [1.807, 2.05) is 0 Å². The van der Waals surface area contributed by atoms with Gasteiger partial charge >= 0.3 is 12.2 Å². The molecule has 1 heterocycles. The van der Waals surface area contributed by atoms with Gasteiger partial charge in [-0.15, -0.1) is 0 Å². The lowest BCUT2D eigenvalue weighted by atomic mass is 9.98. The monoisotopic (exact) mass is 324 g/mol. The minimum absolute atomic E-state index is 0.0235. The molecule has 0 saturated carbocycles. The molecular formula is C13H13ClF4N2O. The fraction of sp³-hybridized carbons (Fsp3) is 0.462. The number of hydrogen-bond acceptors (Lipinski definition) is 1. The van der Waals surface area contributed by atoms with Crippen molar-refractivity contribution >= 4 is 23.3 Å². The van der Waals surface area contributed by atoms with E-state index < -0.39 is 23.9 Å². The summed E-state index contributed by atoms with van der Waals surface area (Å²) in [4.78, 5) is 13.1. The van der Waals surface area contributed by atoms with Crippen LogP contribution in [0.5, 0.6) is 0 Å². The topological polar surface area (TPSA) is 32.3 Å². The number of hydrogen-bond donors (Lipinski definition) is 1. The highest BCUT2D eigenvalue weighted by molar-refractivity contribution is 6.31. The average molecular weight is 325 g/mol. The molecular weight excluding hydrogens is 312 g/mol. The van der Waals surface area contributed by atoms with Gasteiger partial charge in [0.25, 0.3) is 0 Å². The molecule has 1 atom stereocenters. The summed E-state index contributed by atoms with van der Waals surface area (Å²) in [5, 5.41) is 2.25. The lowest BCUT2D eigenvalue weighted by Gasteiger charge is -2.33. The second kappa shape index (κ2) is 6.09. The number of likely N-dealkylation sites (tertiary alicyclic amines) is 1. The number of alkyl halides is 3. The number of anilines is 1. The van der Waals surface area contributed by atoms with Gasteiger partial charge in [0.05, 0.1) is 10.9 Å². The molecule has 0 radical (unpaired) electrons. The van der Waals surface area contributed by atoms with Crippen molar-refractivity contribution in [2.45, 2.75) is 19.0 Å². The first kappa shape index (κ1) is 15.9. The van der Waals surface area contributed by atoms with E-state index in [1.165, 1.54) is 12.1 Å². The zero-order valence-electron chi connectivity index (χ0n) is 10.9. The number of benzene rings is 1. The third kappa shape index (κ3) is 4.00. The zero-order valence-corrected chi connectivity index (χ0v) is 11.6. The molecule has 116 valence electrons. The van der Waals surface area contributed by atoms with E-state index in [9.17, 15) is 22.4 Å². The molecule has 1 N–H and O–H groups in total. The van der Waals surface area contributed by atoms with Crippen LogP contribution in [0.15, 0.2) is 18.2 Å². The van der Waals surface area contributed by atoms with Crippen LogP contribution in [0.4, 0.5) is 28.0 Å². The number of halogens is 5. The van der Waals surface area contributed by atoms with Gasteiger partial charge in [-0.05, 0) is 31.0 Å². The SMILES string of the molecule is O=C(Nc1ccc(F)c(Cl)c1)N1CCC[C@@H](C(F)(F)F)C1. The number of carbonyl (C=O) groups excluding carboxylic acids is 1. The third-order valence-corrected chi connectivity index (χ3v) is 3.63. The molecule has 0 aromatic heterocycles. The van der Waals surface area contributed by atoms with Crippen LogP contribution in [0.1, 0.15) is 12.8 Å². The zero-order chi connectivity index (χ0) is 15.6. The molecule has 0 spiro atoms. The Kier molecular flexibility index (Phi) is 4.61. The Morgan fingerprint density at radius 2 is 2.10 bits per heavy atom. The fourth-order valence-corrected chi connectivity index (χ4v) is 2.39. The molecule has 2 amide bonds. The van der Waals surface area contributed by atoms with E-state index in [1.54, 1.807) is 0 Å². The summed E-state index contributed by atoms with van der Waals surface area (Å²) in [6, 6.07) is 2.93. The van der Waals surface area contributed by atoms with E-state index >= 15 is 0 Å². The number of rotatable bonds is 1. The van der Waals surface area contributed by atoms with Crippen LogP contribution >= 0.6 is 11.6 Å². The third-order valence-electron chi connectivity index (χ3n) is 3.34. The first-order chi connectivity index (χ1) is 9.77. The Hall–Kier alpha value is -1.50. The first-order valence-electron chi connectivity index (χ1n) is 6.35. The minimum atomic E-state index is -4.31. The Morgan fingerprint density at radius 1 is 1.38 bits per heavy atom. The molecule has 2 rings (SSSR count). The summed E-state index contributed by atoms with van der Waals surface area (Å²) >= 11 is 5.58. The lowest BCUT2D eigenvalue weighted by Crippen LogP contribution is -2.46. The van der Waals surface area contributed by atoms with Crippen molar-refractivity contribution in [3.8, 4) is 0 Å². The minimum Gasteiger partial charge on any atom is -0.324 e. The highest BCUT2D eigenvalue weighted by Crippen LogP contribution is 2.33. The van der Waals surface area contributed by atoms with Crippen LogP contribution in [0.2, 0.25) is 5.02 Å². The van der Waals surface area contributed by atoms with Crippen LogP contribution in [0.3, 0.4) is 0 Å². The standard InChI is InChI=1S/C13H13ClF4N2O/c14-10-6-9(3-4-11(10)15)19-12(21)20-5-1-2-8(7-20)13(16,17)18/h3-4,6,8H,1-2,5,7H2,(H,19,21)/t8-/m1/s1. The quantitative estimate of drug-likeness (QED) is 0.768. The van der Waals surface area contributed by atoms with Crippen LogP contribution in [0.25, 0.3) is 0 Å². The summed E-state index contributed by atoms with van der Waals surface area (Å²) in [5.74, 6) is -2.14. The van der Waals surface area contributed by atoms with E-state index in [0.29, 0.717) is 6.42 Å². The van der Waals surface area contributed by atoms with Crippen LogP contribution in [-0.4, -0.2) is 30.2 Å². The van der Waals surface area contributed by atoms with Crippen LogP contribution in [0, 0.1) is 11.7 Å². The largest absolute Gasteiger partial charge is 0.393 e. The summed E-state index contributed by atoms with van der Waals surface area (Å²) in [5.41, 5.74) is 0.237. The van der Waals surface area contributed by atoms with Crippen molar-refractivity contribution in [1.29, 1.82) is 0 Å². The highest BCUT2D eigenvalue weighted by atomic mass is 35.5. The van der Waals surface area contributed by atoms with Gasteiger partial charge < -0.3 is 10.2 Å². The molecule has 1 aromatic rings. The molecule has 0 bridgehead atoms. The Balaban J connectivity index is 2.01. The molecule has 0 unspecified atom stereocenters. The second-order valence-electron chi connectivity index (χ2n) is 4.89. The second-order valence-corrected chi connectivity index (χ2v) is 5.29. The van der Waals surface area contributed by atoms with Gasteiger partial charge in [0.2, 0.25) is 0 Å². The van der Waals surface area contributed by atoms with E-state index in [0.717, 1.165) is 11.0 Å². The van der Waals surface area contributed by atoms with Crippen molar-refractivity contribution in [2.24, 2.45) is 5.92 Å². The highest BCUT2D eigenvalue weighted by Gasteiger charge is 2.42. The van der Waals surface area contributed by atoms with E-state index in [2.05, 4.69) is 5.32 Å². The van der Waals surface area contributed by atoms with Gasteiger partial charge in [-0.3, -0.25) is 0 Å². The molecule has 1 aliphatic heterocycles. The van der Waals surface area contributed by atoms with E-state index in [-0.39, 0.29) is 30.2 Å². The maximum absolute atomic E-state index is 13.0. The predicted octanol–water partition coefficient (Wildman–Crippen LogP) is 4.29. The molecule has 21 heavy (non-hydrogen) atoms. The lowest BCUT2D eigenvalue weighted by molar-refractivity contribution is -0.183. The van der Waals surface area contributed by atoms with Crippen LogP contribution < -0.4 is 5.32 Å². The number of carbonyl (C=O) groups is 1. The number of urea groups is 1. The Morgan fingerprint density at radius 3 is 2.71 bits per heavy atom. The Labute approximate surface area is 123 Å². The predicted molar refractivity (Wildman–Crippen MR) is 70.8 cm³/mol. The van der Waals surface area contributed by atoms with Gasteiger partial charge in [-0.1, -0.05) is 11.6 Å². The molecule has 3 nitrogen and oxygen atoms in total. The summed E-state index contributed by atoms with van der Waals surface area (Å²) < 4.78 is 51.0. The normalized spacial score (nSPS) is 19.5. The first-order valence-corrected chi connectivity index (χ1v) is 6.73. The van der Waals surface area contributed by atoms with Gasteiger partial charge in [0.15, 0.2) is 0 Å². The van der Waals surface area contributed by atoms with Crippen molar-refractivity contribution in [1.82, 2.24) is 4.90 Å². The van der Waals surface area contributed by atoms with E-state index in [4.69, 9.17) is 11.6 Å². The average Bonchev–Trinajstić information content (AvgIpc) is 2.42. The number of nitrogens with zero attached hydrogens (tertiary/aromatic N) is 1. The van der Waals surface area contributed by atoms with Crippen molar-refractivity contribution < 1.29 is 22.4 Å². The van der Waals surface area contributed by atoms with Crippen molar-refractivity contribution in [2.75, 3.05) is 18.4 Å². The number of nitrogens with one attached hydrogen (secondary N) is 1. The number of amides is 2. The summed E-state index contributed by atoms with van der Waals surface area (Å²) in [7, 11) is 0. The molecule has 1 fully saturated rings. The number of piperidine rings is 1. The molecule has 1 aromatic carbocycles. The van der Waals surface area contributed by atoms with Gasteiger partial charge in [-0.25, -0.2) is 9.18 Å². The maximum atomic E-state index is 13.0. The van der Waals surface area contributed by atoms with Gasteiger partial charge in [0, 0.05) is 18.8 Å². The van der Waals surface area contributed by atoms with Crippen molar-refractivity contribution in [3.63, 3.8) is 0 Å². The molecule has 1 saturated heterocycles. The maximum Gasteiger partial charge on any atom is 0.393 e. The van der Waals surface area contributed by atoms with Crippen molar-refractivity contribution in [3.05, 3.63) is 29.0 Å². The smallest absolute Gasteiger partial charge is 0.324 e. The summed E-state index contributed by atoms with van der Waals surface area (Å²) in [6.07, 6.45) is -3.99. The van der Waals surface area contributed by atoms with Crippen LogP contribution in [-0.2, 0) is 0 Å².